The van der Waals surface area contributed by atoms with Gasteiger partial charge in [-0.3, -0.25) is 0 Å². The Morgan fingerprint density at radius 1 is 0.635 bits per heavy atom. The maximum atomic E-state index is 10.2. The maximum Gasteiger partial charge on any atom is 0.159 e. The molecule has 2 unspecified atom stereocenters. The standard InChI is InChI=1S/C59H37N3O/c1-35-15-2-9-27-49(35)61(52-30-14-24-44-43-23-12-17-37(34-60)57(43)63-58(44)52)53-33-48-55(41-21-6-5-19-39(41)53)54-38-18-4-3-16-36(38)31-32-46(54)59(48)45-25-8-11-29-51(45)62-50-28-10-7-20-40(50)42-22-13-26-47(59)56(42)62/h2-17,19-33,38H,18H2,1H3. The summed E-state index contributed by atoms with van der Waals surface area (Å²) in [6.07, 6.45) is 12.7. The Labute approximate surface area is 363 Å². The van der Waals surface area contributed by atoms with E-state index in [-0.39, 0.29) is 5.92 Å². The van der Waals surface area contributed by atoms with Gasteiger partial charge in [0.1, 0.15) is 6.07 Å². The monoisotopic (exact) mass is 803 g/mol. The molecule has 3 aliphatic carbocycles. The molecule has 2 atom stereocenters. The first-order chi connectivity index (χ1) is 31.2. The van der Waals surface area contributed by atoms with Gasteiger partial charge in [-0.25, -0.2) is 0 Å². The molecule has 1 spiro atoms. The number of benzene rings is 8. The molecule has 2 aromatic heterocycles. The second-order valence-corrected chi connectivity index (χ2v) is 17.4. The molecule has 0 saturated heterocycles. The lowest BCUT2D eigenvalue weighted by Gasteiger charge is -2.41. The summed E-state index contributed by atoms with van der Waals surface area (Å²) in [5.74, 6) is 0.215. The number of furan rings is 1. The van der Waals surface area contributed by atoms with Gasteiger partial charge in [0.05, 0.1) is 39.1 Å². The van der Waals surface area contributed by atoms with Gasteiger partial charge in [-0.15, -0.1) is 0 Å². The van der Waals surface area contributed by atoms with Gasteiger partial charge in [0.2, 0.25) is 0 Å². The van der Waals surface area contributed by atoms with Gasteiger partial charge in [0.25, 0.3) is 0 Å². The van der Waals surface area contributed by atoms with Crippen molar-refractivity contribution in [2.24, 2.45) is 5.92 Å². The van der Waals surface area contributed by atoms with Crippen LogP contribution >= 0.6 is 0 Å². The van der Waals surface area contributed by atoms with Crippen molar-refractivity contribution in [2.45, 2.75) is 18.8 Å². The highest BCUT2D eigenvalue weighted by atomic mass is 16.3. The maximum absolute atomic E-state index is 10.2. The number of hydrogen-bond donors (Lipinski definition) is 0. The number of anilines is 3. The van der Waals surface area contributed by atoms with Crippen molar-refractivity contribution >= 4 is 77.2 Å². The molecule has 4 nitrogen and oxygen atoms in total. The first-order valence-corrected chi connectivity index (χ1v) is 21.9. The number of hydrogen-bond acceptors (Lipinski definition) is 3. The summed E-state index contributed by atoms with van der Waals surface area (Å²) in [5, 5.41) is 17.1. The zero-order chi connectivity index (χ0) is 41.6. The predicted molar refractivity (Wildman–Crippen MR) is 257 cm³/mol. The molecule has 0 fully saturated rings. The molecule has 294 valence electrons. The van der Waals surface area contributed by atoms with Crippen LogP contribution in [0.25, 0.3) is 65.8 Å². The largest absolute Gasteiger partial charge is 0.452 e. The Morgan fingerprint density at radius 3 is 2.22 bits per heavy atom. The summed E-state index contributed by atoms with van der Waals surface area (Å²) in [5.41, 5.74) is 18.5. The molecule has 0 N–H and O–H groups in total. The summed E-state index contributed by atoms with van der Waals surface area (Å²) in [6.45, 7) is 2.19. The fourth-order valence-corrected chi connectivity index (χ4v) is 12.0. The molecule has 63 heavy (non-hydrogen) atoms. The number of nitrogens with zero attached hydrogens (tertiary/aromatic N) is 3. The lowest BCUT2D eigenvalue weighted by atomic mass is 9.63. The highest BCUT2D eigenvalue weighted by molar-refractivity contribution is 6.17. The quantitative estimate of drug-likeness (QED) is 0.179. The molecule has 0 amide bonds. The lowest BCUT2D eigenvalue weighted by Crippen LogP contribution is -2.34. The van der Waals surface area contributed by atoms with Crippen LogP contribution in [0.5, 0.6) is 0 Å². The van der Waals surface area contributed by atoms with Gasteiger partial charge in [0, 0.05) is 38.5 Å². The Morgan fingerprint density at radius 2 is 1.33 bits per heavy atom. The number of fused-ring (bicyclic) bond motifs is 18. The first-order valence-electron chi connectivity index (χ1n) is 21.9. The second kappa shape index (κ2) is 12.5. The van der Waals surface area contributed by atoms with Crippen LogP contribution in [-0.4, -0.2) is 4.57 Å². The van der Waals surface area contributed by atoms with Gasteiger partial charge < -0.3 is 13.9 Å². The van der Waals surface area contributed by atoms with Gasteiger partial charge in [-0.05, 0) is 99.7 Å². The van der Waals surface area contributed by atoms with Crippen molar-refractivity contribution in [2.75, 3.05) is 4.90 Å². The van der Waals surface area contributed by atoms with E-state index in [0.29, 0.717) is 11.1 Å². The van der Waals surface area contributed by atoms with Crippen molar-refractivity contribution in [1.29, 1.82) is 5.26 Å². The van der Waals surface area contributed by atoms with Crippen LogP contribution in [-0.2, 0) is 5.41 Å². The van der Waals surface area contributed by atoms with Crippen LogP contribution in [0.4, 0.5) is 17.1 Å². The predicted octanol–water partition coefficient (Wildman–Crippen LogP) is 15.0. The van der Waals surface area contributed by atoms with E-state index < -0.39 is 5.41 Å². The summed E-state index contributed by atoms with van der Waals surface area (Å²) >= 11 is 0. The van der Waals surface area contributed by atoms with Crippen LogP contribution in [0.15, 0.2) is 204 Å². The van der Waals surface area contributed by atoms with Gasteiger partial charge >= 0.3 is 0 Å². The molecule has 8 aromatic carbocycles. The lowest BCUT2D eigenvalue weighted by molar-refractivity contribution is 0.668. The number of rotatable bonds is 3. The topological polar surface area (TPSA) is 45.1 Å². The third-order valence-corrected chi connectivity index (χ3v) is 14.5. The molecule has 14 rings (SSSR count). The summed E-state index contributed by atoms with van der Waals surface area (Å²) in [7, 11) is 0. The van der Waals surface area contributed by atoms with Crippen molar-refractivity contribution in [3.8, 4) is 11.8 Å². The third kappa shape index (κ3) is 4.29. The minimum Gasteiger partial charge on any atom is -0.452 e. The van der Waals surface area contributed by atoms with E-state index in [2.05, 4.69) is 198 Å². The SMILES string of the molecule is Cc1ccccc1N(c1cc2c(c3ccccc13)C1=C(C=CC3=CC=CCC31)C21c2ccccc2-n2c3ccccc3c3cccc1c32)c1cccc2c1oc1c(C#N)cccc12. The summed E-state index contributed by atoms with van der Waals surface area (Å²) in [4.78, 5) is 2.43. The van der Waals surface area contributed by atoms with Crippen LogP contribution in [0, 0.1) is 24.2 Å². The average molecular weight is 804 g/mol. The molecule has 10 aromatic rings. The van der Waals surface area contributed by atoms with Gasteiger partial charge in [0.15, 0.2) is 11.2 Å². The molecule has 4 heteroatoms. The minimum absolute atomic E-state index is 0.215. The Bertz CT molecular complexity index is 3880. The first kappa shape index (κ1) is 34.6. The van der Waals surface area contributed by atoms with E-state index in [9.17, 15) is 5.26 Å². The fourth-order valence-electron chi connectivity index (χ4n) is 12.0. The second-order valence-electron chi connectivity index (χ2n) is 17.4. The van der Waals surface area contributed by atoms with Crippen LogP contribution < -0.4 is 4.90 Å². The Kier molecular flexibility index (Phi) is 6.84. The number of aryl methyl sites for hydroxylation is 1. The van der Waals surface area contributed by atoms with E-state index in [1.165, 1.54) is 71.9 Å². The highest BCUT2D eigenvalue weighted by Crippen LogP contribution is 2.65. The molecule has 0 bridgehead atoms. The van der Waals surface area contributed by atoms with Crippen molar-refractivity contribution in [1.82, 2.24) is 4.57 Å². The molecule has 0 radical (unpaired) electrons. The summed E-state index contributed by atoms with van der Waals surface area (Å²) < 4.78 is 9.40. The van der Waals surface area contributed by atoms with Crippen molar-refractivity contribution < 1.29 is 4.42 Å². The number of para-hydroxylation sites is 6. The smallest absolute Gasteiger partial charge is 0.159 e. The van der Waals surface area contributed by atoms with Gasteiger partial charge in [-0.2, -0.15) is 5.26 Å². The normalized spacial score (nSPS) is 18.0. The highest BCUT2D eigenvalue weighted by Gasteiger charge is 2.54. The van der Waals surface area contributed by atoms with E-state index in [4.69, 9.17) is 4.42 Å². The fraction of sp³-hybridized carbons (Fsp3) is 0.0678. The summed E-state index contributed by atoms with van der Waals surface area (Å²) in [6, 6.07) is 59.9. The molecule has 3 heterocycles. The number of nitriles is 1. The zero-order valence-electron chi connectivity index (χ0n) is 34.4. The van der Waals surface area contributed by atoms with Crippen LogP contribution in [0.2, 0.25) is 0 Å². The van der Waals surface area contributed by atoms with E-state index in [0.717, 1.165) is 50.8 Å². The molecule has 0 saturated carbocycles. The van der Waals surface area contributed by atoms with Crippen LogP contribution in [0.1, 0.15) is 39.8 Å². The molecular weight excluding hydrogens is 767 g/mol. The van der Waals surface area contributed by atoms with E-state index in [1.807, 2.05) is 12.1 Å². The Balaban J connectivity index is 1.17. The van der Waals surface area contributed by atoms with Crippen LogP contribution in [0.3, 0.4) is 0 Å². The van der Waals surface area contributed by atoms with Crippen molar-refractivity contribution in [3.63, 3.8) is 0 Å². The van der Waals surface area contributed by atoms with Gasteiger partial charge in [-0.1, -0.05) is 152 Å². The molecular formula is C59H37N3O. The average Bonchev–Trinajstić information content (AvgIpc) is 3.99. The van der Waals surface area contributed by atoms with E-state index in [1.54, 1.807) is 0 Å². The zero-order valence-corrected chi connectivity index (χ0v) is 34.4. The number of allylic oxidation sites excluding steroid dienone is 8. The minimum atomic E-state index is -0.641. The van der Waals surface area contributed by atoms with E-state index >= 15 is 0 Å². The third-order valence-electron chi connectivity index (χ3n) is 14.5. The van der Waals surface area contributed by atoms with Crippen molar-refractivity contribution in [3.05, 3.63) is 233 Å². The molecule has 4 aliphatic rings. The number of aromatic nitrogens is 1. The molecule has 1 aliphatic heterocycles. The Hall–Kier alpha value is -8.13.